The first-order valence-corrected chi connectivity index (χ1v) is 8.96. The van der Waals surface area contributed by atoms with Crippen LogP contribution in [0.4, 0.5) is 5.69 Å². The standard InChI is InChI=1S/C19H16N4O2S/c1-23-19(25)14-8-3-2-7-13(14)17(22-23)18(24)21-15-9-4-5-10-16(15)26-12-6-11-20/h2-5,7-10H,6,12H2,1H3,(H,21,24). The Morgan fingerprint density at radius 2 is 1.88 bits per heavy atom. The van der Waals surface area contributed by atoms with Crippen LogP contribution < -0.4 is 10.9 Å². The summed E-state index contributed by atoms with van der Waals surface area (Å²) in [6.07, 6.45) is 0.430. The molecule has 3 rings (SSSR count). The molecule has 0 radical (unpaired) electrons. The summed E-state index contributed by atoms with van der Waals surface area (Å²) in [5, 5.41) is 16.7. The number of aromatic nitrogens is 2. The first-order chi connectivity index (χ1) is 12.6. The fraction of sp³-hybridized carbons (Fsp3) is 0.158. The number of para-hydroxylation sites is 1. The number of carbonyl (C=O) groups excluding carboxylic acids is 1. The van der Waals surface area contributed by atoms with E-state index in [9.17, 15) is 9.59 Å². The van der Waals surface area contributed by atoms with Crippen LogP contribution in [0.25, 0.3) is 10.8 Å². The van der Waals surface area contributed by atoms with Crippen LogP contribution >= 0.6 is 11.8 Å². The van der Waals surface area contributed by atoms with E-state index in [1.807, 2.05) is 18.2 Å². The second-order valence-corrected chi connectivity index (χ2v) is 6.67. The second kappa shape index (κ2) is 7.85. The lowest BCUT2D eigenvalue weighted by molar-refractivity contribution is 0.102. The topological polar surface area (TPSA) is 87.8 Å². The van der Waals surface area contributed by atoms with Crippen LogP contribution in [0.3, 0.4) is 0 Å². The van der Waals surface area contributed by atoms with Gasteiger partial charge in [-0.1, -0.05) is 30.3 Å². The average Bonchev–Trinajstić information content (AvgIpc) is 2.66. The van der Waals surface area contributed by atoms with Crippen molar-refractivity contribution in [3.8, 4) is 6.07 Å². The summed E-state index contributed by atoms with van der Waals surface area (Å²) in [6, 6.07) is 16.4. The number of thioether (sulfide) groups is 1. The number of carbonyl (C=O) groups is 1. The van der Waals surface area contributed by atoms with Gasteiger partial charge in [-0.05, 0) is 18.2 Å². The van der Waals surface area contributed by atoms with Crippen molar-refractivity contribution in [3.05, 3.63) is 64.6 Å². The van der Waals surface area contributed by atoms with Crippen LogP contribution in [0.1, 0.15) is 16.9 Å². The summed E-state index contributed by atoms with van der Waals surface area (Å²) in [4.78, 5) is 25.9. The Morgan fingerprint density at radius 3 is 2.65 bits per heavy atom. The first kappa shape index (κ1) is 17.7. The Morgan fingerprint density at radius 1 is 1.19 bits per heavy atom. The third-order valence-corrected chi connectivity index (χ3v) is 4.85. The predicted molar refractivity (Wildman–Crippen MR) is 102 cm³/mol. The van der Waals surface area contributed by atoms with Crippen molar-refractivity contribution in [3.63, 3.8) is 0 Å². The van der Waals surface area contributed by atoms with Gasteiger partial charge in [-0.15, -0.1) is 11.8 Å². The van der Waals surface area contributed by atoms with E-state index in [4.69, 9.17) is 5.26 Å². The van der Waals surface area contributed by atoms with Gasteiger partial charge in [0.2, 0.25) is 0 Å². The molecule has 0 aliphatic heterocycles. The summed E-state index contributed by atoms with van der Waals surface area (Å²) in [5.74, 6) is 0.259. The Kier molecular flexibility index (Phi) is 5.34. The van der Waals surface area contributed by atoms with Crippen molar-refractivity contribution in [2.45, 2.75) is 11.3 Å². The molecule has 0 bridgehead atoms. The summed E-state index contributed by atoms with van der Waals surface area (Å²) < 4.78 is 1.17. The van der Waals surface area contributed by atoms with E-state index in [0.717, 1.165) is 4.90 Å². The average molecular weight is 364 g/mol. The molecule has 0 fully saturated rings. The monoisotopic (exact) mass is 364 g/mol. The number of nitrogens with zero attached hydrogens (tertiary/aromatic N) is 3. The Balaban J connectivity index is 1.95. The first-order valence-electron chi connectivity index (χ1n) is 7.98. The van der Waals surface area contributed by atoms with Gasteiger partial charge in [0, 0.05) is 29.5 Å². The molecule has 130 valence electrons. The molecule has 26 heavy (non-hydrogen) atoms. The van der Waals surface area contributed by atoms with Crippen molar-refractivity contribution in [2.75, 3.05) is 11.1 Å². The van der Waals surface area contributed by atoms with E-state index in [1.165, 1.54) is 23.5 Å². The maximum Gasteiger partial charge on any atom is 0.276 e. The molecule has 3 aromatic rings. The Hall–Kier alpha value is -3.11. The molecule has 0 saturated heterocycles. The molecule has 0 aliphatic carbocycles. The molecule has 6 nitrogen and oxygen atoms in total. The number of hydrogen-bond acceptors (Lipinski definition) is 5. The highest BCUT2D eigenvalue weighted by Crippen LogP contribution is 2.28. The normalized spacial score (nSPS) is 10.5. The zero-order chi connectivity index (χ0) is 18.5. The van der Waals surface area contributed by atoms with Crippen LogP contribution in [0.15, 0.2) is 58.2 Å². The lowest BCUT2D eigenvalue weighted by Gasteiger charge is -2.11. The molecule has 1 amide bonds. The summed E-state index contributed by atoms with van der Waals surface area (Å²) >= 11 is 1.51. The van der Waals surface area contributed by atoms with E-state index in [0.29, 0.717) is 28.6 Å². The lowest BCUT2D eigenvalue weighted by Crippen LogP contribution is -2.25. The Labute approximate surface area is 154 Å². The number of fused-ring (bicyclic) bond motifs is 1. The highest BCUT2D eigenvalue weighted by molar-refractivity contribution is 7.99. The third kappa shape index (κ3) is 3.60. The van der Waals surface area contributed by atoms with Crippen molar-refractivity contribution in [1.82, 2.24) is 9.78 Å². The fourth-order valence-corrected chi connectivity index (χ4v) is 3.41. The van der Waals surface area contributed by atoms with Gasteiger partial charge in [-0.2, -0.15) is 10.4 Å². The predicted octanol–water partition coefficient (Wildman–Crippen LogP) is 3.19. The maximum absolute atomic E-state index is 12.8. The Bertz CT molecular complexity index is 1070. The van der Waals surface area contributed by atoms with Crippen LogP contribution in [0.2, 0.25) is 0 Å². The molecule has 0 atom stereocenters. The minimum atomic E-state index is -0.384. The number of hydrogen-bond donors (Lipinski definition) is 1. The molecule has 1 N–H and O–H groups in total. The summed E-state index contributed by atoms with van der Waals surface area (Å²) in [7, 11) is 1.53. The van der Waals surface area contributed by atoms with Crippen molar-refractivity contribution in [1.29, 1.82) is 5.26 Å². The van der Waals surface area contributed by atoms with Gasteiger partial charge in [-0.3, -0.25) is 9.59 Å². The van der Waals surface area contributed by atoms with E-state index in [1.54, 1.807) is 30.3 Å². The number of benzene rings is 2. The number of nitrogens with one attached hydrogen (secondary N) is 1. The van der Waals surface area contributed by atoms with Crippen molar-refractivity contribution < 1.29 is 4.79 Å². The molecule has 0 spiro atoms. The molecule has 2 aromatic carbocycles. The number of amides is 1. The van der Waals surface area contributed by atoms with Crippen LogP contribution in [0.5, 0.6) is 0 Å². The number of nitriles is 1. The second-order valence-electron chi connectivity index (χ2n) is 5.53. The van der Waals surface area contributed by atoms with Crippen molar-refractivity contribution in [2.24, 2.45) is 7.05 Å². The highest BCUT2D eigenvalue weighted by atomic mass is 32.2. The SMILES string of the molecule is Cn1nc(C(=O)Nc2ccccc2SCCC#N)c2ccccc2c1=O. The van der Waals surface area contributed by atoms with Gasteiger partial charge in [-0.25, -0.2) is 4.68 Å². The number of rotatable bonds is 5. The molecule has 0 saturated carbocycles. The quantitative estimate of drug-likeness (QED) is 0.555. The van der Waals surface area contributed by atoms with Gasteiger partial charge < -0.3 is 5.32 Å². The summed E-state index contributed by atoms with van der Waals surface area (Å²) in [6.45, 7) is 0. The smallest absolute Gasteiger partial charge is 0.276 e. The molecule has 7 heteroatoms. The number of aryl methyl sites for hydroxylation is 1. The van der Waals surface area contributed by atoms with Gasteiger partial charge in [0.15, 0.2) is 5.69 Å². The maximum atomic E-state index is 12.8. The van der Waals surface area contributed by atoms with Gasteiger partial charge in [0.1, 0.15) is 0 Å². The van der Waals surface area contributed by atoms with E-state index < -0.39 is 0 Å². The molecule has 0 aliphatic rings. The minimum absolute atomic E-state index is 0.194. The van der Waals surface area contributed by atoms with Gasteiger partial charge >= 0.3 is 0 Å². The summed E-state index contributed by atoms with van der Waals surface area (Å²) in [5.41, 5.74) is 0.601. The van der Waals surface area contributed by atoms with Crippen LogP contribution in [-0.2, 0) is 7.05 Å². The zero-order valence-corrected chi connectivity index (χ0v) is 14.9. The molecular weight excluding hydrogens is 348 g/mol. The zero-order valence-electron chi connectivity index (χ0n) is 14.1. The van der Waals surface area contributed by atoms with Gasteiger partial charge in [0.05, 0.1) is 17.1 Å². The fourth-order valence-electron chi connectivity index (χ4n) is 2.55. The molecule has 1 heterocycles. The molecular formula is C19H16N4O2S. The minimum Gasteiger partial charge on any atom is -0.320 e. The van der Waals surface area contributed by atoms with E-state index >= 15 is 0 Å². The largest absolute Gasteiger partial charge is 0.320 e. The molecule has 1 aromatic heterocycles. The van der Waals surface area contributed by atoms with Crippen LogP contribution in [0, 0.1) is 11.3 Å². The van der Waals surface area contributed by atoms with E-state index in [-0.39, 0.29) is 17.2 Å². The highest BCUT2D eigenvalue weighted by Gasteiger charge is 2.16. The third-order valence-electron chi connectivity index (χ3n) is 3.78. The van der Waals surface area contributed by atoms with Crippen LogP contribution in [-0.4, -0.2) is 21.4 Å². The van der Waals surface area contributed by atoms with E-state index in [2.05, 4.69) is 16.5 Å². The lowest BCUT2D eigenvalue weighted by atomic mass is 10.1. The van der Waals surface area contributed by atoms with Crippen molar-refractivity contribution >= 4 is 34.1 Å². The van der Waals surface area contributed by atoms with Gasteiger partial charge in [0.25, 0.3) is 11.5 Å². The number of anilines is 1. The molecule has 0 unspecified atom stereocenters.